The van der Waals surface area contributed by atoms with Gasteiger partial charge in [-0.25, -0.2) is 0 Å². The molecule has 0 bridgehead atoms. The third-order valence-corrected chi connectivity index (χ3v) is 2.23. The Kier molecular flexibility index (Phi) is 2.40. The minimum Gasteiger partial charge on any atom is -0.508 e. The summed E-state index contributed by atoms with van der Waals surface area (Å²) < 4.78 is 5.41. The highest BCUT2D eigenvalue weighted by Gasteiger charge is 2.15. The molecular weight excluding hydrogens is 206 g/mol. The molecule has 0 fully saturated rings. The Balaban J connectivity index is 2.59. The molecule has 16 heavy (non-hydrogen) atoms. The van der Waals surface area contributed by atoms with Crippen LogP contribution in [-0.2, 0) is 0 Å². The fourth-order valence-corrected chi connectivity index (χ4v) is 1.56. The lowest BCUT2D eigenvalue weighted by Gasteiger charge is -2.00. The number of primary amides is 1. The van der Waals surface area contributed by atoms with Crippen molar-refractivity contribution >= 4 is 5.91 Å². The first-order valence-electron chi connectivity index (χ1n) is 4.77. The summed E-state index contributed by atoms with van der Waals surface area (Å²) in [6.07, 6.45) is 0. The van der Waals surface area contributed by atoms with Crippen LogP contribution in [0.15, 0.2) is 34.7 Å². The number of aryl methyl sites for hydroxylation is 1. The zero-order valence-electron chi connectivity index (χ0n) is 8.73. The summed E-state index contributed by atoms with van der Waals surface area (Å²) in [5, 5.41) is 9.35. The van der Waals surface area contributed by atoms with Gasteiger partial charge < -0.3 is 15.3 Å². The molecule has 0 aliphatic heterocycles. The van der Waals surface area contributed by atoms with Gasteiger partial charge in [-0.15, -0.1) is 0 Å². The fraction of sp³-hybridized carbons (Fsp3) is 0.0833. The molecule has 2 aromatic rings. The zero-order valence-corrected chi connectivity index (χ0v) is 8.73. The molecule has 1 aromatic carbocycles. The van der Waals surface area contributed by atoms with Crippen molar-refractivity contribution in [1.29, 1.82) is 0 Å². The molecule has 4 heteroatoms. The first-order valence-corrected chi connectivity index (χ1v) is 4.77. The molecule has 0 saturated carbocycles. The average molecular weight is 217 g/mol. The van der Waals surface area contributed by atoms with Gasteiger partial charge in [-0.2, -0.15) is 0 Å². The van der Waals surface area contributed by atoms with Gasteiger partial charge in [0.25, 0.3) is 5.91 Å². The molecule has 0 unspecified atom stereocenters. The van der Waals surface area contributed by atoms with E-state index in [1.165, 1.54) is 6.07 Å². The molecule has 1 heterocycles. The second kappa shape index (κ2) is 3.73. The molecule has 1 aromatic heterocycles. The first-order chi connectivity index (χ1) is 7.58. The molecule has 2 rings (SSSR count). The van der Waals surface area contributed by atoms with Crippen LogP contribution in [0.2, 0.25) is 0 Å². The summed E-state index contributed by atoms with van der Waals surface area (Å²) in [6, 6.07) is 8.06. The van der Waals surface area contributed by atoms with Crippen molar-refractivity contribution < 1.29 is 14.3 Å². The number of benzene rings is 1. The second-order valence-corrected chi connectivity index (χ2v) is 3.51. The number of furan rings is 1. The number of nitrogens with two attached hydrogens (primary N) is 1. The number of hydrogen-bond donors (Lipinski definition) is 2. The number of amides is 1. The number of carbonyl (C=O) groups excluding carboxylic acids is 1. The lowest BCUT2D eigenvalue weighted by Crippen LogP contribution is -2.10. The maximum Gasteiger partial charge on any atom is 0.252 e. The smallest absolute Gasteiger partial charge is 0.252 e. The van der Waals surface area contributed by atoms with E-state index in [-0.39, 0.29) is 5.75 Å². The number of rotatable bonds is 2. The predicted molar refractivity (Wildman–Crippen MR) is 59.1 cm³/mol. The van der Waals surface area contributed by atoms with Gasteiger partial charge in [0, 0.05) is 5.56 Å². The third-order valence-electron chi connectivity index (χ3n) is 2.23. The summed E-state index contributed by atoms with van der Waals surface area (Å²) in [5.74, 6) is 0.560. The van der Waals surface area contributed by atoms with E-state index in [4.69, 9.17) is 10.2 Å². The zero-order chi connectivity index (χ0) is 11.7. The molecule has 0 aliphatic rings. The summed E-state index contributed by atoms with van der Waals surface area (Å²) >= 11 is 0. The van der Waals surface area contributed by atoms with Gasteiger partial charge in [-0.05, 0) is 25.1 Å². The molecular formula is C12H11NO3. The Labute approximate surface area is 92.3 Å². The molecule has 0 spiro atoms. The first kappa shape index (κ1) is 10.3. The van der Waals surface area contributed by atoms with Crippen LogP contribution >= 0.6 is 0 Å². The predicted octanol–water partition coefficient (Wildman–Crippen LogP) is 2.06. The van der Waals surface area contributed by atoms with Crippen molar-refractivity contribution in [3.63, 3.8) is 0 Å². The van der Waals surface area contributed by atoms with Gasteiger partial charge >= 0.3 is 0 Å². The van der Waals surface area contributed by atoms with E-state index in [0.717, 1.165) is 0 Å². The Bertz CT molecular complexity index is 543. The van der Waals surface area contributed by atoms with Gasteiger partial charge in [-0.1, -0.05) is 12.1 Å². The van der Waals surface area contributed by atoms with Crippen LogP contribution in [0, 0.1) is 6.92 Å². The number of phenols is 1. The Morgan fingerprint density at radius 3 is 2.75 bits per heavy atom. The summed E-state index contributed by atoms with van der Waals surface area (Å²) in [7, 11) is 0. The van der Waals surface area contributed by atoms with Crippen molar-refractivity contribution in [1.82, 2.24) is 0 Å². The van der Waals surface area contributed by atoms with Crippen LogP contribution in [0.1, 0.15) is 16.1 Å². The van der Waals surface area contributed by atoms with Crippen molar-refractivity contribution in [2.75, 3.05) is 0 Å². The quantitative estimate of drug-likeness (QED) is 0.808. The maximum absolute atomic E-state index is 11.2. The van der Waals surface area contributed by atoms with Gasteiger partial charge in [-0.3, -0.25) is 4.79 Å². The van der Waals surface area contributed by atoms with Crippen molar-refractivity contribution in [2.45, 2.75) is 6.92 Å². The molecule has 82 valence electrons. The minimum absolute atomic E-state index is 0.113. The van der Waals surface area contributed by atoms with Gasteiger partial charge in [0.15, 0.2) is 0 Å². The lowest BCUT2D eigenvalue weighted by atomic mass is 10.1. The Morgan fingerprint density at radius 1 is 1.38 bits per heavy atom. The molecule has 4 nitrogen and oxygen atoms in total. The summed E-state index contributed by atoms with van der Waals surface area (Å²) in [4.78, 5) is 11.2. The maximum atomic E-state index is 11.2. The van der Waals surface area contributed by atoms with Crippen molar-refractivity contribution in [3.05, 3.63) is 41.7 Å². The van der Waals surface area contributed by atoms with E-state index in [1.807, 2.05) is 0 Å². The highest BCUT2D eigenvalue weighted by Crippen LogP contribution is 2.28. The van der Waals surface area contributed by atoms with Gasteiger partial charge in [0.1, 0.15) is 17.3 Å². The largest absolute Gasteiger partial charge is 0.508 e. The van der Waals surface area contributed by atoms with Crippen molar-refractivity contribution in [2.24, 2.45) is 5.73 Å². The van der Waals surface area contributed by atoms with Crippen LogP contribution < -0.4 is 5.73 Å². The average Bonchev–Trinajstić information content (AvgIpc) is 2.60. The summed E-state index contributed by atoms with van der Waals surface area (Å²) in [5.41, 5.74) is 6.19. The van der Waals surface area contributed by atoms with E-state index < -0.39 is 5.91 Å². The van der Waals surface area contributed by atoms with Crippen LogP contribution in [0.4, 0.5) is 0 Å². The number of carbonyl (C=O) groups is 1. The summed E-state index contributed by atoms with van der Waals surface area (Å²) in [6.45, 7) is 1.73. The van der Waals surface area contributed by atoms with Crippen molar-refractivity contribution in [3.8, 4) is 17.1 Å². The number of aromatic hydroxyl groups is 1. The monoisotopic (exact) mass is 217 g/mol. The minimum atomic E-state index is -0.546. The fourth-order valence-electron chi connectivity index (χ4n) is 1.56. The Morgan fingerprint density at radius 2 is 2.12 bits per heavy atom. The van der Waals surface area contributed by atoms with E-state index >= 15 is 0 Å². The molecule has 0 aliphatic carbocycles. The molecule has 0 radical (unpaired) electrons. The number of hydrogen-bond acceptors (Lipinski definition) is 3. The topological polar surface area (TPSA) is 76.5 Å². The third kappa shape index (κ3) is 1.77. The lowest BCUT2D eigenvalue weighted by molar-refractivity contribution is 0.100. The van der Waals surface area contributed by atoms with Crippen LogP contribution in [0.3, 0.4) is 0 Å². The Hall–Kier alpha value is -2.23. The van der Waals surface area contributed by atoms with Gasteiger partial charge in [0.2, 0.25) is 0 Å². The normalized spacial score (nSPS) is 10.3. The van der Waals surface area contributed by atoms with Crippen LogP contribution in [-0.4, -0.2) is 11.0 Å². The van der Waals surface area contributed by atoms with E-state index in [2.05, 4.69) is 0 Å². The van der Waals surface area contributed by atoms with Crippen LogP contribution in [0.5, 0.6) is 5.75 Å². The standard InChI is InChI=1S/C12H11NO3/c1-7-5-10(12(13)15)11(16-7)8-3-2-4-9(14)6-8/h2-6,14H,1H3,(H2,13,15). The van der Waals surface area contributed by atoms with E-state index in [1.54, 1.807) is 31.2 Å². The SMILES string of the molecule is Cc1cc(C(N)=O)c(-c2cccc(O)c2)o1. The second-order valence-electron chi connectivity index (χ2n) is 3.51. The highest BCUT2D eigenvalue weighted by molar-refractivity contribution is 5.98. The van der Waals surface area contributed by atoms with Gasteiger partial charge in [0.05, 0.1) is 5.56 Å². The number of phenolic OH excluding ortho intramolecular Hbond substituents is 1. The molecule has 0 atom stereocenters. The highest BCUT2D eigenvalue weighted by atomic mass is 16.3. The molecule has 0 saturated heterocycles. The molecule has 3 N–H and O–H groups in total. The molecule has 1 amide bonds. The van der Waals surface area contributed by atoms with Crippen LogP contribution in [0.25, 0.3) is 11.3 Å². The van der Waals surface area contributed by atoms with E-state index in [0.29, 0.717) is 22.6 Å². The van der Waals surface area contributed by atoms with E-state index in [9.17, 15) is 9.90 Å².